The molecule has 0 saturated carbocycles. The Morgan fingerprint density at radius 2 is 1.88 bits per heavy atom. The Hall–Kier alpha value is -1.96. The van der Waals surface area contributed by atoms with Crippen LogP contribution >= 0.6 is 0 Å². The molecule has 0 atom stereocenters. The molecule has 0 spiro atoms. The minimum Gasteiger partial charge on any atom is -0.472 e. The van der Waals surface area contributed by atoms with Crippen molar-refractivity contribution in [3.8, 4) is 0 Å². The third-order valence-corrected chi connectivity index (χ3v) is 2.40. The zero-order valence-electron chi connectivity index (χ0n) is 9.55. The Balaban J connectivity index is 2.18. The van der Waals surface area contributed by atoms with Gasteiger partial charge >= 0.3 is 0 Å². The molecule has 0 saturated heterocycles. The van der Waals surface area contributed by atoms with Crippen molar-refractivity contribution in [2.45, 2.75) is 0 Å². The molecule has 0 aliphatic heterocycles. The van der Waals surface area contributed by atoms with Gasteiger partial charge in [-0.25, -0.2) is 0 Å². The van der Waals surface area contributed by atoms with Gasteiger partial charge in [0.25, 0.3) is 0 Å². The predicted octanol–water partition coefficient (Wildman–Crippen LogP) is 3.52. The summed E-state index contributed by atoms with van der Waals surface area (Å²) in [5.74, 6) is 0. The molecule has 0 aliphatic carbocycles. The summed E-state index contributed by atoms with van der Waals surface area (Å²) in [5, 5.41) is 0. The van der Waals surface area contributed by atoms with Crippen molar-refractivity contribution in [1.29, 1.82) is 0 Å². The summed E-state index contributed by atoms with van der Waals surface area (Å²) < 4.78 is 5.01. The highest BCUT2D eigenvalue weighted by molar-refractivity contribution is 5.70. The van der Waals surface area contributed by atoms with E-state index < -0.39 is 0 Å². The molecular weight excluding hydrogens is 198 g/mol. The first-order valence-corrected chi connectivity index (χ1v) is 5.23. The molecule has 0 unspecified atom stereocenters. The number of benzene rings is 1. The van der Waals surface area contributed by atoms with Crippen LogP contribution in [0.3, 0.4) is 0 Å². The number of nitrogens with zero attached hydrogens (tertiary/aromatic N) is 1. The van der Waals surface area contributed by atoms with E-state index in [0.717, 1.165) is 5.56 Å². The number of rotatable bonds is 3. The fourth-order valence-electron chi connectivity index (χ4n) is 1.47. The van der Waals surface area contributed by atoms with E-state index in [1.54, 1.807) is 12.5 Å². The van der Waals surface area contributed by atoms with Crippen LogP contribution < -0.4 is 4.90 Å². The fourth-order valence-corrected chi connectivity index (χ4v) is 1.47. The van der Waals surface area contributed by atoms with E-state index in [1.807, 2.05) is 26.2 Å². The molecule has 0 radical (unpaired) electrons. The predicted molar refractivity (Wildman–Crippen MR) is 68.4 cm³/mol. The smallest absolute Gasteiger partial charge is 0.0974 e. The van der Waals surface area contributed by atoms with Crippen LogP contribution in [0.2, 0.25) is 0 Å². The number of furan rings is 1. The van der Waals surface area contributed by atoms with E-state index >= 15 is 0 Å². The van der Waals surface area contributed by atoms with Gasteiger partial charge in [0.15, 0.2) is 0 Å². The molecule has 0 bridgehead atoms. The molecule has 2 heteroatoms. The summed E-state index contributed by atoms with van der Waals surface area (Å²) in [5.41, 5.74) is 3.47. The topological polar surface area (TPSA) is 16.4 Å². The average molecular weight is 213 g/mol. The Bertz CT molecular complexity index is 469. The van der Waals surface area contributed by atoms with Gasteiger partial charge in [0.1, 0.15) is 0 Å². The number of anilines is 1. The second-order valence-corrected chi connectivity index (χ2v) is 3.88. The summed E-state index contributed by atoms with van der Waals surface area (Å²) in [6.45, 7) is 0. The summed E-state index contributed by atoms with van der Waals surface area (Å²) in [4.78, 5) is 2.09. The van der Waals surface area contributed by atoms with Crippen molar-refractivity contribution in [2.75, 3.05) is 19.0 Å². The third kappa shape index (κ3) is 2.54. The van der Waals surface area contributed by atoms with E-state index in [1.165, 1.54) is 11.3 Å². The average Bonchev–Trinajstić information content (AvgIpc) is 2.79. The van der Waals surface area contributed by atoms with Gasteiger partial charge in [-0.2, -0.15) is 0 Å². The lowest BCUT2D eigenvalue weighted by molar-refractivity contribution is 0.567. The van der Waals surface area contributed by atoms with Crippen LogP contribution in [0.15, 0.2) is 47.3 Å². The van der Waals surface area contributed by atoms with E-state index in [2.05, 4.69) is 35.2 Å². The van der Waals surface area contributed by atoms with E-state index in [0.29, 0.717) is 0 Å². The highest BCUT2D eigenvalue weighted by Gasteiger charge is 1.95. The van der Waals surface area contributed by atoms with Crippen LogP contribution in [0.25, 0.3) is 12.2 Å². The molecule has 2 aromatic rings. The van der Waals surface area contributed by atoms with Gasteiger partial charge in [-0.3, -0.25) is 0 Å². The van der Waals surface area contributed by atoms with Gasteiger partial charge < -0.3 is 9.32 Å². The molecule has 82 valence electrons. The zero-order chi connectivity index (χ0) is 11.4. The monoisotopic (exact) mass is 213 g/mol. The minimum absolute atomic E-state index is 1.08. The maximum atomic E-state index is 5.01. The SMILES string of the molecule is CN(C)c1cccc(/C=C/c2ccoc2)c1. The van der Waals surface area contributed by atoms with Crippen LogP contribution in [-0.4, -0.2) is 14.1 Å². The van der Waals surface area contributed by atoms with Crippen LogP contribution in [0.1, 0.15) is 11.1 Å². The normalized spacial score (nSPS) is 10.9. The first kappa shape index (κ1) is 10.6. The quantitative estimate of drug-likeness (QED) is 0.775. The molecule has 1 heterocycles. The summed E-state index contributed by atoms with van der Waals surface area (Å²) in [6, 6.07) is 10.3. The first-order valence-electron chi connectivity index (χ1n) is 5.23. The minimum atomic E-state index is 1.08. The fraction of sp³-hybridized carbons (Fsp3) is 0.143. The largest absolute Gasteiger partial charge is 0.472 e. The lowest BCUT2D eigenvalue weighted by atomic mass is 10.1. The van der Waals surface area contributed by atoms with Crippen molar-refractivity contribution >= 4 is 17.8 Å². The van der Waals surface area contributed by atoms with Crippen LogP contribution in [0, 0.1) is 0 Å². The van der Waals surface area contributed by atoms with Gasteiger partial charge in [0.05, 0.1) is 12.5 Å². The molecule has 1 aromatic carbocycles. The zero-order valence-corrected chi connectivity index (χ0v) is 9.55. The lowest BCUT2D eigenvalue weighted by Crippen LogP contribution is -2.08. The summed E-state index contributed by atoms with van der Waals surface area (Å²) in [6.07, 6.45) is 7.53. The Morgan fingerprint density at radius 1 is 1.06 bits per heavy atom. The highest BCUT2D eigenvalue weighted by Crippen LogP contribution is 2.15. The number of hydrogen-bond acceptors (Lipinski definition) is 2. The van der Waals surface area contributed by atoms with Gasteiger partial charge in [-0.1, -0.05) is 24.3 Å². The molecule has 0 N–H and O–H groups in total. The molecule has 2 rings (SSSR count). The Morgan fingerprint density at radius 3 is 2.56 bits per heavy atom. The van der Waals surface area contributed by atoms with Crippen LogP contribution in [0.5, 0.6) is 0 Å². The maximum Gasteiger partial charge on any atom is 0.0974 e. The summed E-state index contributed by atoms with van der Waals surface area (Å²) in [7, 11) is 4.08. The van der Waals surface area contributed by atoms with Crippen LogP contribution in [-0.2, 0) is 0 Å². The van der Waals surface area contributed by atoms with Crippen molar-refractivity contribution in [2.24, 2.45) is 0 Å². The summed E-state index contributed by atoms with van der Waals surface area (Å²) >= 11 is 0. The Kier molecular flexibility index (Phi) is 3.10. The molecule has 0 aliphatic rings. The highest BCUT2D eigenvalue weighted by atomic mass is 16.3. The lowest BCUT2D eigenvalue weighted by Gasteiger charge is -2.12. The maximum absolute atomic E-state index is 5.01. The van der Waals surface area contributed by atoms with E-state index in [9.17, 15) is 0 Å². The molecule has 1 aromatic heterocycles. The second-order valence-electron chi connectivity index (χ2n) is 3.88. The van der Waals surface area contributed by atoms with Crippen molar-refractivity contribution in [3.05, 3.63) is 54.0 Å². The third-order valence-electron chi connectivity index (χ3n) is 2.40. The van der Waals surface area contributed by atoms with Gasteiger partial charge in [0.2, 0.25) is 0 Å². The molecular formula is C14H15NO. The Labute approximate surface area is 95.8 Å². The number of hydrogen-bond donors (Lipinski definition) is 0. The van der Waals surface area contributed by atoms with Gasteiger partial charge in [0, 0.05) is 25.3 Å². The standard InChI is InChI=1S/C14H15NO/c1-15(2)14-5-3-4-12(10-14)6-7-13-8-9-16-11-13/h3-11H,1-2H3/b7-6+. The van der Waals surface area contributed by atoms with E-state index in [-0.39, 0.29) is 0 Å². The van der Waals surface area contributed by atoms with Crippen LogP contribution in [0.4, 0.5) is 5.69 Å². The first-order chi connectivity index (χ1) is 7.75. The molecule has 0 amide bonds. The van der Waals surface area contributed by atoms with Gasteiger partial charge in [-0.15, -0.1) is 0 Å². The van der Waals surface area contributed by atoms with Crippen molar-refractivity contribution in [1.82, 2.24) is 0 Å². The van der Waals surface area contributed by atoms with Crippen molar-refractivity contribution in [3.63, 3.8) is 0 Å². The second kappa shape index (κ2) is 4.71. The van der Waals surface area contributed by atoms with E-state index in [4.69, 9.17) is 4.42 Å². The molecule has 2 nitrogen and oxygen atoms in total. The molecule has 16 heavy (non-hydrogen) atoms. The van der Waals surface area contributed by atoms with Crippen molar-refractivity contribution < 1.29 is 4.42 Å². The molecule has 0 fully saturated rings. The van der Waals surface area contributed by atoms with Gasteiger partial charge in [-0.05, 0) is 23.8 Å².